The van der Waals surface area contributed by atoms with E-state index < -0.39 is 11.9 Å². The van der Waals surface area contributed by atoms with Crippen molar-refractivity contribution in [2.24, 2.45) is 0 Å². The molecule has 1 amide bonds. The molecule has 0 radical (unpaired) electrons. The van der Waals surface area contributed by atoms with Crippen molar-refractivity contribution in [3.63, 3.8) is 0 Å². The van der Waals surface area contributed by atoms with Crippen LogP contribution in [0.3, 0.4) is 0 Å². The molecule has 1 fully saturated rings. The molecule has 1 saturated heterocycles. The van der Waals surface area contributed by atoms with E-state index in [1.165, 1.54) is 6.07 Å². The van der Waals surface area contributed by atoms with Gasteiger partial charge >= 0.3 is 6.09 Å². The summed E-state index contributed by atoms with van der Waals surface area (Å²) in [6.45, 7) is 5.74. The summed E-state index contributed by atoms with van der Waals surface area (Å²) in [6, 6.07) is 10.6. The van der Waals surface area contributed by atoms with Gasteiger partial charge in [0.15, 0.2) is 23.0 Å². The van der Waals surface area contributed by atoms with Crippen LogP contribution in [0.2, 0.25) is 0 Å². The number of aromatic nitrogens is 4. The first-order valence-corrected chi connectivity index (χ1v) is 11.2. The van der Waals surface area contributed by atoms with E-state index in [1.54, 1.807) is 19.1 Å². The number of hydrogen-bond acceptors (Lipinski definition) is 6. The second kappa shape index (κ2) is 8.86. The maximum atomic E-state index is 14.2. The number of carbonyl (C=O) groups is 1. The van der Waals surface area contributed by atoms with Gasteiger partial charge in [-0.3, -0.25) is 9.30 Å². The molecule has 3 aromatic heterocycles. The molecule has 10 heteroatoms. The Balaban J connectivity index is 1.47. The number of fused-ring (bicyclic) bond motifs is 2. The minimum absolute atomic E-state index is 0.0673. The number of ether oxygens (including phenoxy) is 1. The molecule has 176 valence electrons. The van der Waals surface area contributed by atoms with Crippen molar-refractivity contribution in [3.05, 3.63) is 54.0 Å². The summed E-state index contributed by atoms with van der Waals surface area (Å²) in [4.78, 5) is 17.9. The normalized spacial score (nSPS) is 17.3. The monoisotopic (exact) mass is 464 g/mol. The van der Waals surface area contributed by atoms with Gasteiger partial charge in [-0.25, -0.2) is 14.2 Å². The van der Waals surface area contributed by atoms with Crippen LogP contribution in [0.5, 0.6) is 5.75 Å². The summed E-state index contributed by atoms with van der Waals surface area (Å²) in [7, 11) is 0. The van der Waals surface area contributed by atoms with Crippen LogP contribution in [-0.2, 0) is 0 Å². The molecule has 1 unspecified atom stereocenters. The Morgan fingerprint density at radius 3 is 2.94 bits per heavy atom. The molecule has 0 bridgehead atoms. The Kier molecular flexibility index (Phi) is 5.74. The highest BCUT2D eigenvalue weighted by Gasteiger charge is 2.28. The van der Waals surface area contributed by atoms with Gasteiger partial charge in [0.2, 0.25) is 0 Å². The topological polar surface area (TPSA) is 105 Å². The quantitative estimate of drug-likeness (QED) is 0.446. The standard InChI is InChI=1S/C24H25FN6O3/c1-3-34-21-11-20-15(10-18(21)25)4-6-19(27-20)23-29-28-22-7-5-16(12-31(22)23)14(2)30-9-8-17(13-30)26-24(32)33/h4-7,10-12,14,17,26H,3,8-9,13H2,1-2H3,(H,32,33)/t14?,17-/m0/s1. The molecule has 0 aliphatic carbocycles. The van der Waals surface area contributed by atoms with E-state index in [-0.39, 0.29) is 17.8 Å². The van der Waals surface area contributed by atoms with Crippen molar-refractivity contribution in [2.75, 3.05) is 19.7 Å². The van der Waals surface area contributed by atoms with Crippen LogP contribution in [0.1, 0.15) is 31.9 Å². The third-order valence-corrected chi connectivity index (χ3v) is 6.27. The SMILES string of the molecule is CCOc1cc2nc(-c3nnc4ccc(C(C)N5CC[C@H](NC(=O)O)C5)cn34)ccc2cc1F. The average molecular weight is 465 g/mol. The second-order valence-corrected chi connectivity index (χ2v) is 8.43. The molecule has 0 spiro atoms. The molecular weight excluding hydrogens is 439 g/mol. The maximum absolute atomic E-state index is 14.2. The molecule has 4 heterocycles. The van der Waals surface area contributed by atoms with Crippen LogP contribution in [-0.4, -0.2) is 61.4 Å². The van der Waals surface area contributed by atoms with Gasteiger partial charge in [-0.15, -0.1) is 10.2 Å². The Morgan fingerprint density at radius 1 is 1.29 bits per heavy atom. The second-order valence-electron chi connectivity index (χ2n) is 8.43. The molecule has 5 rings (SSSR count). The lowest BCUT2D eigenvalue weighted by Gasteiger charge is -2.24. The average Bonchev–Trinajstić information content (AvgIpc) is 3.45. The van der Waals surface area contributed by atoms with Gasteiger partial charge in [0, 0.05) is 42.8 Å². The van der Waals surface area contributed by atoms with Crippen LogP contribution in [0.15, 0.2) is 42.6 Å². The molecule has 34 heavy (non-hydrogen) atoms. The van der Waals surface area contributed by atoms with Crippen molar-refractivity contribution in [1.82, 2.24) is 29.8 Å². The van der Waals surface area contributed by atoms with Crippen molar-refractivity contribution in [2.45, 2.75) is 32.4 Å². The molecule has 1 aromatic carbocycles. The van der Waals surface area contributed by atoms with E-state index in [9.17, 15) is 9.18 Å². The Bertz CT molecular complexity index is 1370. The fourth-order valence-electron chi connectivity index (χ4n) is 4.49. The van der Waals surface area contributed by atoms with Crippen molar-refractivity contribution in [1.29, 1.82) is 0 Å². The minimum atomic E-state index is -0.992. The fraction of sp³-hybridized carbons (Fsp3) is 0.333. The summed E-state index contributed by atoms with van der Waals surface area (Å²) < 4.78 is 21.5. The lowest BCUT2D eigenvalue weighted by molar-refractivity contribution is 0.188. The van der Waals surface area contributed by atoms with E-state index in [4.69, 9.17) is 14.8 Å². The van der Waals surface area contributed by atoms with E-state index in [2.05, 4.69) is 27.3 Å². The smallest absolute Gasteiger partial charge is 0.404 e. The summed E-state index contributed by atoms with van der Waals surface area (Å²) in [5.41, 5.74) is 2.98. The van der Waals surface area contributed by atoms with Crippen molar-refractivity contribution < 1.29 is 19.0 Å². The highest BCUT2D eigenvalue weighted by Crippen LogP contribution is 2.28. The molecule has 2 N–H and O–H groups in total. The summed E-state index contributed by atoms with van der Waals surface area (Å²) in [6.07, 6.45) is 1.78. The first-order valence-electron chi connectivity index (χ1n) is 11.2. The van der Waals surface area contributed by atoms with Crippen LogP contribution in [0.4, 0.5) is 9.18 Å². The zero-order valence-corrected chi connectivity index (χ0v) is 18.9. The third kappa shape index (κ3) is 4.12. The highest BCUT2D eigenvalue weighted by atomic mass is 19.1. The minimum Gasteiger partial charge on any atom is -0.491 e. The van der Waals surface area contributed by atoms with Crippen LogP contribution in [0.25, 0.3) is 28.1 Å². The molecule has 0 saturated carbocycles. The fourth-order valence-corrected chi connectivity index (χ4v) is 4.49. The van der Waals surface area contributed by atoms with Crippen molar-refractivity contribution >= 4 is 22.6 Å². The number of carboxylic acid groups (broad SMARTS) is 1. The highest BCUT2D eigenvalue weighted by molar-refractivity contribution is 5.82. The predicted octanol–water partition coefficient (Wildman–Crippen LogP) is 3.89. The number of hydrogen-bond donors (Lipinski definition) is 2. The molecule has 1 aliphatic heterocycles. The van der Waals surface area contributed by atoms with Crippen LogP contribution >= 0.6 is 0 Å². The number of nitrogens with zero attached hydrogens (tertiary/aromatic N) is 5. The third-order valence-electron chi connectivity index (χ3n) is 6.27. The first kappa shape index (κ1) is 22.0. The van der Waals surface area contributed by atoms with E-state index in [0.29, 0.717) is 41.2 Å². The van der Waals surface area contributed by atoms with Gasteiger partial charge in [-0.2, -0.15) is 0 Å². The van der Waals surface area contributed by atoms with Gasteiger partial charge in [-0.1, -0.05) is 12.1 Å². The largest absolute Gasteiger partial charge is 0.491 e. The maximum Gasteiger partial charge on any atom is 0.404 e. The van der Waals surface area contributed by atoms with Crippen LogP contribution < -0.4 is 10.1 Å². The lowest BCUT2D eigenvalue weighted by atomic mass is 10.1. The summed E-state index contributed by atoms with van der Waals surface area (Å²) in [5.74, 6) is 0.335. The molecule has 1 aliphatic rings. The summed E-state index contributed by atoms with van der Waals surface area (Å²) in [5, 5.41) is 20.9. The molecule has 9 nitrogen and oxygen atoms in total. The number of amides is 1. The van der Waals surface area contributed by atoms with Gasteiger partial charge in [-0.05, 0) is 44.0 Å². The zero-order chi connectivity index (χ0) is 23.8. The number of benzene rings is 1. The molecular formula is C24H25FN6O3. The number of pyridine rings is 2. The van der Waals surface area contributed by atoms with Crippen molar-refractivity contribution in [3.8, 4) is 17.3 Å². The number of likely N-dealkylation sites (tertiary alicyclic amines) is 1. The number of nitrogens with one attached hydrogen (secondary N) is 1. The van der Waals surface area contributed by atoms with E-state index >= 15 is 0 Å². The van der Waals surface area contributed by atoms with E-state index in [1.807, 2.05) is 28.8 Å². The van der Waals surface area contributed by atoms with Gasteiger partial charge < -0.3 is 15.2 Å². The Hall–Kier alpha value is -3.79. The Morgan fingerprint density at radius 2 is 2.15 bits per heavy atom. The lowest BCUT2D eigenvalue weighted by Crippen LogP contribution is -2.36. The summed E-state index contributed by atoms with van der Waals surface area (Å²) >= 11 is 0. The van der Waals surface area contributed by atoms with Gasteiger partial charge in [0.05, 0.1) is 12.1 Å². The zero-order valence-electron chi connectivity index (χ0n) is 18.9. The molecule has 2 atom stereocenters. The predicted molar refractivity (Wildman–Crippen MR) is 124 cm³/mol. The van der Waals surface area contributed by atoms with Gasteiger partial charge in [0.1, 0.15) is 5.69 Å². The van der Waals surface area contributed by atoms with E-state index in [0.717, 1.165) is 18.5 Å². The number of halogens is 1. The number of rotatable bonds is 6. The Labute approximate surface area is 195 Å². The first-order chi connectivity index (χ1) is 16.4. The van der Waals surface area contributed by atoms with Gasteiger partial charge in [0.25, 0.3) is 0 Å². The van der Waals surface area contributed by atoms with Crippen LogP contribution in [0, 0.1) is 5.82 Å². The molecule has 4 aromatic rings.